The Morgan fingerprint density at radius 1 is 0.455 bits per heavy atom. The van der Waals surface area contributed by atoms with E-state index in [1.54, 1.807) is 0 Å². The van der Waals surface area contributed by atoms with Crippen LogP contribution in [0.1, 0.15) is 54.7 Å². The Morgan fingerprint density at radius 3 is 1.21 bits per heavy atom. The van der Waals surface area contributed by atoms with E-state index in [0.29, 0.717) is 0 Å². The minimum absolute atomic E-state index is 0. The second-order valence-electron chi connectivity index (χ2n) is 7.49. The van der Waals surface area contributed by atoms with Crippen LogP contribution in [0.25, 0.3) is 0 Å². The van der Waals surface area contributed by atoms with Crippen molar-refractivity contribution in [1.82, 2.24) is 21.3 Å². The molecular formula is C23H44Cl4N4S2. The monoisotopic (exact) mass is 580 g/mol. The van der Waals surface area contributed by atoms with E-state index in [9.17, 15) is 0 Å². The second-order valence-corrected chi connectivity index (χ2v) is 9.55. The maximum atomic E-state index is 3.57. The number of halogens is 4. The summed E-state index contributed by atoms with van der Waals surface area (Å²) in [7, 11) is 0. The zero-order valence-electron chi connectivity index (χ0n) is 19.5. The fraction of sp³-hybridized carbons (Fsp3) is 0.652. The van der Waals surface area contributed by atoms with Crippen LogP contribution in [0.2, 0.25) is 0 Å². The number of hydrogen-bond donors (Lipinski definition) is 4. The average molecular weight is 583 g/mol. The van der Waals surface area contributed by atoms with Crippen LogP contribution in [-0.2, 0) is 13.1 Å². The lowest BCUT2D eigenvalue weighted by Crippen LogP contribution is -2.22. The van der Waals surface area contributed by atoms with Crippen molar-refractivity contribution in [3.63, 3.8) is 0 Å². The number of hydrogen-bond acceptors (Lipinski definition) is 6. The summed E-state index contributed by atoms with van der Waals surface area (Å²) < 4.78 is 0. The highest BCUT2D eigenvalue weighted by Crippen LogP contribution is 2.07. The molecule has 4 N–H and O–H groups in total. The van der Waals surface area contributed by atoms with Crippen molar-refractivity contribution < 1.29 is 0 Å². The average Bonchev–Trinajstić information content (AvgIpc) is 3.44. The number of nitrogens with one attached hydrogen (secondary N) is 4. The van der Waals surface area contributed by atoms with E-state index in [1.165, 1.54) is 67.8 Å². The summed E-state index contributed by atoms with van der Waals surface area (Å²) in [5.41, 5.74) is 0. The van der Waals surface area contributed by atoms with Crippen LogP contribution >= 0.6 is 72.3 Å². The van der Waals surface area contributed by atoms with E-state index in [1.807, 2.05) is 22.7 Å². The first-order valence-corrected chi connectivity index (χ1v) is 13.1. The Hall–Kier alpha value is 0.400. The van der Waals surface area contributed by atoms with Gasteiger partial charge in [-0.2, -0.15) is 0 Å². The third-order valence-corrected chi connectivity index (χ3v) is 6.63. The predicted molar refractivity (Wildman–Crippen MR) is 159 cm³/mol. The number of thiophene rings is 2. The van der Waals surface area contributed by atoms with Crippen molar-refractivity contribution in [3.05, 3.63) is 44.8 Å². The smallest absolute Gasteiger partial charge is 0.0299 e. The lowest BCUT2D eigenvalue weighted by molar-refractivity contribution is 0.537. The van der Waals surface area contributed by atoms with Crippen LogP contribution in [0, 0.1) is 0 Å². The van der Waals surface area contributed by atoms with Crippen molar-refractivity contribution >= 4 is 72.3 Å². The van der Waals surface area contributed by atoms with Gasteiger partial charge in [-0.25, -0.2) is 0 Å². The molecular weight excluding hydrogens is 538 g/mol. The number of unbranched alkanes of at least 4 members (excludes halogenated alkanes) is 4. The van der Waals surface area contributed by atoms with E-state index in [-0.39, 0.29) is 49.6 Å². The lowest BCUT2D eigenvalue weighted by Gasteiger charge is -2.07. The molecule has 2 aromatic heterocycles. The Morgan fingerprint density at radius 2 is 0.818 bits per heavy atom. The summed E-state index contributed by atoms with van der Waals surface area (Å²) in [4.78, 5) is 2.85. The summed E-state index contributed by atoms with van der Waals surface area (Å²) in [6, 6.07) is 8.62. The van der Waals surface area contributed by atoms with E-state index >= 15 is 0 Å². The molecule has 0 unspecified atom stereocenters. The van der Waals surface area contributed by atoms with E-state index in [2.05, 4.69) is 56.3 Å². The quantitative estimate of drug-likeness (QED) is 0.139. The van der Waals surface area contributed by atoms with Gasteiger partial charge in [0.2, 0.25) is 0 Å². The summed E-state index contributed by atoms with van der Waals surface area (Å²) >= 11 is 3.65. The van der Waals surface area contributed by atoms with E-state index in [0.717, 1.165) is 39.3 Å². The van der Waals surface area contributed by atoms with Gasteiger partial charge in [0, 0.05) is 22.8 Å². The summed E-state index contributed by atoms with van der Waals surface area (Å²) in [5.74, 6) is 0. The molecule has 2 aromatic rings. The van der Waals surface area contributed by atoms with Crippen LogP contribution in [0.15, 0.2) is 35.0 Å². The van der Waals surface area contributed by atoms with E-state index in [4.69, 9.17) is 0 Å². The SMILES string of the molecule is Cl.Cl.Cl.Cl.c1csc(CNCCCNCCCCCCCNCCCNCc2cccs2)c1. The zero-order chi connectivity index (χ0) is 20.2. The molecule has 196 valence electrons. The van der Waals surface area contributed by atoms with Gasteiger partial charge in [-0.15, -0.1) is 72.3 Å². The Labute approximate surface area is 234 Å². The minimum Gasteiger partial charge on any atom is -0.317 e. The van der Waals surface area contributed by atoms with Crippen molar-refractivity contribution in [2.75, 3.05) is 39.3 Å². The molecule has 0 bridgehead atoms. The molecule has 0 saturated carbocycles. The van der Waals surface area contributed by atoms with Crippen LogP contribution in [0.3, 0.4) is 0 Å². The molecule has 0 fully saturated rings. The third kappa shape index (κ3) is 22.6. The highest BCUT2D eigenvalue weighted by molar-refractivity contribution is 7.10. The number of rotatable bonds is 20. The molecule has 0 atom stereocenters. The summed E-state index contributed by atoms with van der Waals surface area (Å²) in [6.45, 7) is 8.82. The highest BCUT2D eigenvalue weighted by Gasteiger charge is 1.95. The van der Waals surface area contributed by atoms with Gasteiger partial charge in [0.05, 0.1) is 0 Å². The molecule has 0 saturated heterocycles. The molecule has 33 heavy (non-hydrogen) atoms. The Balaban J connectivity index is -0.00000225. The Bertz CT molecular complexity index is 525. The van der Waals surface area contributed by atoms with Gasteiger partial charge in [0.25, 0.3) is 0 Å². The third-order valence-electron chi connectivity index (χ3n) is 4.88. The predicted octanol–water partition coefficient (Wildman–Crippen LogP) is 6.29. The topological polar surface area (TPSA) is 48.1 Å². The summed E-state index contributed by atoms with van der Waals surface area (Å²) in [5, 5.41) is 18.4. The Kier molecular flexibility index (Phi) is 32.9. The highest BCUT2D eigenvalue weighted by atomic mass is 35.5. The van der Waals surface area contributed by atoms with Crippen molar-refractivity contribution in [2.24, 2.45) is 0 Å². The van der Waals surface area contributed by atoms with Gasteiger partial charge in [-0.3, -0.25) is 0 Å². The first kappa shape index (κ1) is 37.9. The molecule has 0 amide bonds. The van der Waals surface area contributed by atoms with Crippen LogP contribution in [0.5, 0.6) is 0 Å². The van der Waals surface area contributed by atoms with Gasteiger partial charge in [-0.1, -0.05) is 31.4 Å². The maximum absolute atomic E-state index is 3.57. The first-order chi connectivity index (χ1) is 14.4. The van der Waals surface area contributed by atoms with Gasteiger partial charge < -0.3 is 21.3 Å². The molecule has 0 radical (unpaired) electrons. The molecule has 4 nitrogen and oxygen atoms in total. The molecule has 0 aliphatic rings. The fourth-order valence-electron chi connectivity index (χ4n) is 3.21. The van der Waals surface area contributed by atoms with Gasteiger partial charge in [0.1, 0.15) is 0 Å². The lowest BCUT2D eigenvalue weighted by atomic mass is 10.1. The van der Waals surface area contributed by atoms with Gasteiger partial charge >= 0.3 is 0 Å². The second kappa shape index (κ2) is 28.6. The standard InChI is InChI=1S/C23H40N4S2.4ClH/c1(2-4-12-24-14-8-16-26-20-22-10-6-18-28-22)3-5-13-25-15-9-17-27-21-23-11-7-19-29-23;;;;/h6-7,10-11,18-19,24-27H,1-5,8-9,12-17,20-21H2;4*1H. The molecule has 10 heteroatoms. The van der Waals surface area contributed by atoms with Crippen molar-refractivity contribution in [3.8, 4) is 0 Å². The van der Waals surface area contributed by atoms with Gasteiger partial charge in [-0.05, 0) is 87.8 Å². The molecule has 0 aliphatic carbocycles. The zero-order valence-corrected chi connectivity index (χ0v) is 24.4. The van der Waals surface area contributed by atoms with E-state index < -0.39 is 0 Å². The van der Waals surface area contributed by atoms with Crippen LogP contribution < -0.4 is 21.3 Å². The molecule has 0 aliphatic heterocycles. The van der Waals surface area contributed by atoms with Crippen molar-refractivity contribution in [2.45, 2.75) is 58.0 Å². The normalized spacial score (nSPS) is 9.94. The maximum Gasteiger partial charge on any atom is 0.0299 e. The molecule has 0 aromatic carbocycles. The minimum atomic E-state index is 0. The van der Waals surface area contributed by atoms with Crippen LogP contribution in [-0.4, -0.2) is 39.3 Å². The first-order valence-electron chi connectivity index (χ1n) is 11.3. The summed E-state index contributed by atoms with van der Waals surface area (Å²) in [6.07, 6.45) is 9.12. The molecule has 0 spiro atoms. The van der Waals surface area contributed by atoms with Crippen LogP contribution in [0.4, 0.5) is 0 Å². The van der Waals surface area contributed by atoms with Gasteiger partial charge in [0.15, 0.2) is 0 Å². The van der Waals surface area contributed by atoms with Crippen molar-refractivity contribution in [1.29, 1.82) is 0 Å². The largest absolute Gasteiger partial charge is 0.317 e. The molecule has 2 rings (SSSR count). The fourth-order valence-corrected chi connectivity index (χ4v) is 4.56. The molecule has 2 heterocycles.